The van der Waals surface area contributed by atoms with Crippen molar-refractivity contribution in [1.29, 1.82) is 0 Å². The molecule has 0 radical (unpaired) electrons. The molecule has 1 unspecified atom stereocenters. The molecule has 0 aliphatic rings. The second-order valence-corrected chi connectivity index (χ2v) is 7.11. The van der Waals surface area contributed by atoms with E-state index in [-0.39, 0.29) is 4.75 Å². The summed E-state index contributed by atoms with van der Waals surface area (Å²) in [5.74, 6) is -0.755. The molecule has 0 bridgehead atoms. The lowest BCUT2D eigenvalue weighted by Gasteiger charge is -2.21. The van der Waals surface area contributed by atoms with Gasteiger partial charge in [0.15, 0.2) is 0 Å². The van der Waals surface area contributed by atoms with E-state index in [1.807, 2.05) is 20.8 Å². The van der Waals surface area contributed by atoms with Crippen molar-refractivity contribution in [3.63, 3.8) is 0 Å². The molecular formula is C13H17F4NS. The lowest BCUT2D eigenvalue weighted by Crippen LogP contribution is -2.19. The fourth-order valence-corrected chi connectivity index (χ4v) is 2.30. The average molecular weight is 295 g/mol. The molecule has 108 valence electrons. The van der Waals surface area contributed by atoms with Crippen LogP contribution < -0.4 is 5.73 Å². The lowest BCUT2D eigenvalue weighted by molar-refractivity contribution is -0.140. The van der Waals surface area contributed by atoms with E-state index < -0.39 is 23.6 Å². The Morgan fingerprint density at radius 3 is 2.21 bits per heavy atom. The highest BCUT2D eigenvalue weighted by Crippen LogP contribution is 2.33. The molecule has 0 aliphatic carbocycles. The maximum atomic E-state index is 13.4. The van der Waals surface area contributed by atoms with Gasteiger partial charge in [-0.1, -0.05) is 26.8 Å². The van der Waals surface area contributed by atoms with E-state index in [4.69, 9.17) is 5.73 Å². The van der Waals surface area contributed by atoms with Crippen molar-refractivity contribution in [3.05, 3.63) is 35.1 Å². The van der Waals surface area contributed by atoms with Crippen molar-refractivity contribution in [2.45, 2.75) is 37.7 Å². The molecule has 1 aromatic carbocycles. The van der Waals surface area contributed by atoms with Crippen LogP contribution in [0.2, 0.25) is 0 Å². The van der Waals surface area contributed by atoms with Gasteiger partial charge in [0.05, 0.1) is 5.56 Å². The van der Waals surface area contributed by atoms with Crippen LogP contribution >= 0.6 is 11.8 Å². The van der Waals surface area contributed by atoms with E-state index in [0.717, 1.165) is 12.1 Å². The van der Waals surface area contributed by atoms with E-state index in [9.17, 15) is 17.6 Å². The SMILES string of the molecule is CC(C)(C)SCC(N)c1ccc(C(F)(F)F)c(F)c1. The summed E-state index contributed by atoms with van der Waals surface area (Å²) >= 11 is 1.58. The van der Waals surface area contributed by atoms with Gasteiger partial charge in [-0.15, -0.1) is 0 Å². The van der Waals surface area contributed by atoms with Crippen LogP contribution in [-0.4, -0.2) is 10.5 Å². The predicted molar refractivity (Wildman–Crippen MR) is 70.5 cm³/mol. The number of hydrogen-bond acceptors (Lipinski definition) is 2. The van der Waals surface area contributed by atoms with Crippen LogP contribution in [0, 0.1) is 5.82 Å². The largest absolute Gasteiger partial charge is 0.419 e. The summed E-state index contributed by atoms with van der Waals surface area (Å²) in [6.07, 6.45) is -4.67. The molecule has 0 saturated heterocycles. The van der Waals surface area contributed by atoms with Crippen molar-refractivity contribution in [2.24, 2.45) is 5.73 Å². The normalized spacial score (nSPS) is 14.5. The van der Waals surface area contributed by atoms with Crippen molar-refractivity contribution in [2.75, 3.05) is 5.75 Å². The van der Waals surface area contributed by atoms with Crippen molar-refractivity contribution in [1.82, 2.24) is 0 Å². The first-order valence-corrected chi connectivity index (χ1v) is 6.75. The molecule has 6 heteroatoms. The fraction of sp³-hybridized carbons (Fsp3) is 0.538. The Labute approximate surface area is 114 Å². The minimum absolute atomic E-state index is 0.00206. The Hall–Kier alpha value is -0.750. The van der Waals surface area contributed by atoms with Crippen molar-refractivity contribution in [3.8, 4) is 0 Å². The third-order valence-corrected chi connectivity index (χ3v) is 3.81. The molecule has 1 rings (SSSR count). The van der Waals surface area contributed by atoms with Crippen molar-refractivity contribution < 1.29 is 17.6 Å². The maximum Gasteiger partial charge on any atom is 0.419 e. The molecule has 0 spiro atoms. The van der Waals surface area contributed by atoms with Gasteiger partial charge in [-0.3, -0.25) is 0 Å². The van der Waals surface area contributed by atoms with Gasteiger partial charge in [-0.2, -0.15) is 24.9 Å². The van der Waals surface area contributed by atoms with Gasteiger partial charge in [0.1, 0.15) is 5.82 Å². The van der Waals surface area contributed by atoms with Crippen LogP contribution in [0.1, 0.15) is 37.9 Å². The maximum absolute atomic E-state index is 13.4. The number of halogens is 4. The van der Waals surface area contributed by atoms with E-state index in [2.05, 4.69) is 0 Å². The van der Waals surface area contributed by atoms with E-state index in [0.29, 0.717) is 11.3 Å². The number of thioether (sulfide) groups is 1. The number of alkyl halides is 3. The van der Waals surface area contributed by atoms with Gasteiger partial charge in [-0.25, -0.2) is 4.39 Å². The smallest absolute Gasteiger partial charge is 0.323 e. The summed E-state index contributed by atoms with van der Waals surface area (Å²) in [5, 5.41) is 0. The second-order valence-electron chi connectivity index (χ2n) is 5.27. The first-order valence-electron chi connectivity index (χ1n) is 5.77. The predicted octanol–water partition coefficient (Wildman–Crippen LogP) is 4.38. The van der Waals surface area contributed by atoms with Gasteiger partial charge in [0.25, 0.3) is 0 Å². The zero-order chi connectivity index (χ0) is 14.8. The zero-order valence-corrected chi connectivity index (χ0v) is 11.8. The van der Waals surface area contributed by atoms with Crippen LogP contribution in [0.5, 0.6) is 0 Å². The molecule has 1 aromatic rings. The quantitative estimate of drug-likeness (QED) is 0.838. The lowest BCUT2D eigenvalue weighted by atomic mass is 10.1. The Bertz CT molecular complexity index is 437. The Morgan fingerprint density at radius 1 is 1.21 bits per heavy atom. The summed E-state index contributed by atoms with van der Waals surface area (Å²) in [6, 6.07) is 2.36. The Morgan fingerprint density at radius 2 is 1.79 bits per heavy atom. The molecule has 0 heterocycles. The molecule has 0 saturated carbocycles. The first kappa shape index (κ1) is 16.3. The minimum atomic E-state index is -4.67. The molecule has 0 fully saturated rings. The summed E-state index contributed by atoms with van der Waals surface area (Å²) in [7, 11) is 0. The van der Waals surface area contributed by atoms with Crippen LogP contribution in [-0.2, 0) is 6.18 Å². The minimum Gasteiger partial charge on any atom is -0.323 e. The van der Waals surface area contributed by atoms with Crippen molar-refractivity contribution >= 4 is 11.8 Å². The summed E-state index contributed by atoms with van der Waals surface area (Å²) < 4.78 is 50.6. The van der Waals surface area contributed by atoms with Crippen LogP contribution in [0.4, 0.5) is 17.6 Å². The average Bonchev–Trinajstić information content (AvgIpc) is 2.22. The van der Waals surface area contributed by atoms with E-state index in [1.165, 1.54) is 6.07 Å². The highest BCUT2D eigenvalue weighted by atomic mass is 32.2. The topological polar surface area (TPSA) is 26.0 Å². The first-order chi connectivity index (χ1) is 8.50. The highest BCUT2D eigenvalue weighted by molar-refractivity contribution is 8.00. The zero-order valence-electron chi connectivity index (χ0n) is 11.0. The van der Waals surface area contributed by atoms with Gasteiger partial charge in [-0.05, 0) is 17.7 Å². The van der Waals surface area contributed by atoms with E-state index in [1.54, 1.807) is 11.8 Å². The van der Waals surface area contributed by atoms with Gasteiger partial charge >= 0.3 is 6.18 Å². The van der Waals surface area contributed by atoms with Crippen LogP contribution in [0.25, 0.3) is 0 Å². The molecule has 1 nitrogen and oxygen atoms in total. The highest BCUT2D eigenvalue weighted by Gasteiger charge is 2.34. The molecule has 19 heavy (non-hydrogen) atoms. The molecule has 1 atom stereocenters. The second kappa shape index (κ2) is 5.71. The Kier molecular flexibility index (Phi) is 4.90. The standard InChI is InChI=1S/C13H17F4NS/c1-12(2,3)19-7-11(18)8-4-5-9(10(14)6-8)13(15,16)17/h4-6,11H,7,18H2,1-3H3. The number of nitrogens with two attached hydrogens (primary N) is 1. The summed E-state index contributed by atoms with van der Waals surface area (Å²) in [4.78, 5) is 0. The molecule has 0 amide bonds. The summed E-state index contributed by atoms with van der Waals surface area (Å²) in [5.41, 5.74) is 4.98. The molecule has 2 N–H and O–H groups in total. The number of rotatable bonds is 3. The Balaban J connectivity index is 2.83. The fourth-order valence-electron chi connectivity index (χ4n) is 1.43. The summed E-state index contributed by atoms with van der Waals surface area (Å²) in [6.45, 7) is 6.03. The molecule has 0 aliphatic heterocycles. The molecule has 0 aromatic heterocycles. The number of benzene rings is 1. The van der Waals surface area contributed by atoms with Crippen LogP contribution in [0.3, 0.4) is 0 Å². The number of hydrogen-bond donors (Lipinski definition) is 1. The molecular weight excluding hydrogens is 278 g/mol. The van der Waals surface area contributed by atoms with Gasteiger partial charge in [0.2, 0.25) is 0 Å². The third-order valence-electron chi connectivity index (χ3n) is 2.42. The van der Waals surface area contributed by atoms with Gasteiger partial charge < -0.3 is 5.73 Å². The van der Waals surface area contributed by atoms with Gasteiger partial charge in [0, 0.05) is 16.5 Å². The monoisotopic (exact) mass is 295 g/mol. The third kappa shape index (κ3) is 5.03. The van der Waals surface area contributed by atoms with Crippen LogP contribution in [0.15, 0.2) is 18.2 Å². The van der Waals surface area contributed by atoms with E-state index >= 15 is 0 Å².